The average molecular weight is 254 g/mol. The molecule has 0 aliphatic heterocycles. The van der Waals surface area contributed by atoms with Gasteiger partial charge in [0.2, 0.25) is 0 Å². The van der Waals surface area contributed by atoms with Gasteiger partial charge < -0.3 is 0 Å². The maximum Gasteiger partial charge on any atom is 0.186 e. The van der Waals surface area contributed by atoms with Crippen LogP contribution in [0.15, 0.2) is 36.4 Å². The summed E-state index contributed by atoms with van der Waals surface area (Å²) >= 11 is 1.25. The van der Waals surface area contributed by atoms with Crippen LogP contribution in [0, 0.1) is 18.8 Å². The van der Waals surface area contributed by atoms with Gasteiger partial charge in [-0.05, 0) is 23.3 Å². The highest BCUT2D eigenvalue weighted by atomic mass is 32.2. The Labute approximate surface area is 112 Å². The highest BCUT2D eigenvalue weighted by Gasteiger charge is 2.01. The van der Waals surface area contributed by atoms with Gasteiger partial charge in [-0.15, -0.1) is 0 Å². The number of fused-ring (bicyclic) bond motifs is 1. The van der Waals surface area contributed by atoms with Crippen molar-refractivity contribution in [1.82, 2.24) is 0 Å². The van der Waals surface area contributed by atoms with Gasteiger partial charge in [-0.2, -0.15) is 0 Å². The van der Waals surface area contributed by atoms with Gasteiger partial charge in [0, 0.05) is 12.5 Å². The number of carbonyl (C=O) groups excluding carboxylic acids is 1. The van der Waals surface area contributed by atoms with E-state index in [4.69, 9.17) is 0 Å². The normalized spacial score (nSPS) is 9.89. The molecule has 0 saturated heterocycles. The summed E-state index contributed by atoms with van der Waals surface area (Å²) in [6.07, 6.45) is 0. The lowest BCUT2D eigenvalue weighted by molar-refractivity contribution is -0.109. The van der Waals surface area contributed by atoms with Gasteiger partial charge in [-0.1, -0.05) is 60.0 Å². The zero-order chi connectivity index (χ0) is 13.0. The first-order chi connectivity index (χ1) is 8.68. The molecule has 18 heavy (non-hydrogen) atoms. The van der Waals surface area contributed by atoms with Crippen LogP contribution in [0.25, 0.3) is 10.8 Å². The maximum absolute atomic E-state index is 10.8. The first kappa shape index (κ1) is 12.7. The Morgan fingerprint density at radius 1 is 1.22 bits per heavy atom. The minimum atomic E-state index is 0.110. The molecule has 0 atom stereocenters. The fourth-order valence-electron chi connectivity index (χ4n) is 1.81. The Morgan fingerprint density at radius 3 is 2.78 bits per heavy atom. The van der Waals surface area contributed by atoms with Crippen molar-refractivity contribution in [2.24, 2.45) is 0 Å². The van der Waals surface area contributed by atoms with E-state index in [1.165, 1.54) is 28.1 Å². The molecule has 0 bridgehead atoms. The van der Waals surface area contributed by atoms with Crippen molar-refractivity contribution in [3.63, 3.8) is 0 Å². The summed E-state index contributed by atoms with van der Waals surface area (Å²) in [5.74, 6) is 6.80. The summed E-state index contributed by atoms with van der Waals surface area (Å²) in [6.45, 7) is 3.63. The summed E-state index contributed by atoms with van der Waals surface area (Å²) in [7, 11) is 0. The topological polar surface area (TPSA) is 17.1 Å². The molecule has 0 aliphatic carbocycles. The molecular formula is C16H14OS. The van der Waals surface area contributed by atoms with E-state index in [1.54, 1.807) is 6.92 Å². The second-order valence-electron chi connectivity index (χ2n) is 4.06. The molecule has 0 fully saturated rings. The average Bonchev–Trinajstić information content (AvgIpc) is 2.36. The molecule has 2 aromatic carbocycles. The van der Waals surface area contributed by atoms with E-state index in [1.807, 2.05) is 12.1 Å². The van der Waals surface area contributed by atoms with Crippen molar-refractivity contribution in [1.29, 1.82) is 0 Å². The fraction of sp³-hybridized carbons (Fsp3) is 0.188. The Bertz CT molecular complexity index is 647. The molecule has 0 saturated carbocycles. The van der Waals surface area contributed by atoms with Gasteiger partial charge in [0.1, 0.15) is 0 Å². The summed E-state index contributed by atoms with van der Waals surface area (Å²) in [6, 6.07) is 12.4. The largest absolute Gasteiger partial charge is 0.288 e. The molecule has 0 N–H and O–H groups in total. The molecule has 0 heterocycles. The van der Waals surface area contributed by atoms with Crippen LogP contribution in [-0.2, 0) is 4.79 Å². The van der Waals surface area contributed by atoms with E-state index in [0.29, 0.717) is 5.75 Å². The van der Waals surface area contributed by atoms with Crippen molar-refractivity contribution in [2.75, 3.05) is 5.75 Å². The lowest BCUT2D eigenvalue weighted by Gasteiger charge is -2.03. The third-order valence-electron chi connectivity index (χ3n) is 2.70. The van der Waals surface area contributed by atoms with Crippen LogP contribution in [0.3, 0.4) is 0 Å². The second kappa shape index (κ2) is 5.75. The lowest BCUT2D eigenvalue weighted by Crippen LogP contribution is -1.86. The third kappa shape index (κ3) is 2.94. The summed E-state index contributed by atoms with van der Waals surface area (Å²) in [5, 5.41) is 2.49. The first-order valence-corrected chi connectivity index (χ1v) is 6.77. The monoisotopic (exact) mass is 254 g/mol. The molecular weight excluding hydrogens is 240 g/mol. The Balaban J connectivity index is 2.37. The fourth-order valence-corrected chi connectivity index (χ4v) is 2.16. The smallest absolute Gasteiger partial charge is 0.186 e. The molecule has 0 unspecified atom stereocenters. The molecule has 2 rings (SSSR count). The van der Waals surface area contributed by atoms with E-state index in [9.17, 15) is 4.79 Å². The summed E-state index contributed by atoms with van der Waals surface area (Å²) in [4.78, 5) is 10.8. The molecule has 0 spiro atoms. The minimum absolute atomic E-state index is 0.110. The summed E-state index contributed by atoms with van der Waals surface area (Å²) < 4.78 is 0. The highest BCUT2D eigenvalue weighted by Crippen LogP contribution is 2.21. The molecule has 0 amide bonds. The minimum Gasteiger partial charge on any atom is -0.288 e. The van der Waals surface area contributed by atoms with Crippen LogP contribution in [0.5, 0.6) is 0 Å². The Morgan fingerprint density at radius 2 is 2.00 bits per heavy atom. The molecule has 0 aromatic heterocycles. The molecule has 0 aliphatic rings. The zero-order valence-electron chi connectivity index (χ0n) is 10.5. The number of hydrogen-bond donors (Lipinski definition) is 0. The standard InChI is InChI=1S/C16H14OS/c1-12-9-10-14-6-3-4-7-16(14)15(12)8-5-11-18-13(2)17/h3-4,6-7,9-10H,11H2,1-2H3. The molecule has 0 radical (unpaired) electrons. The van der Waals surface area contributed by atoms with Gasteiger partial charge in [-0.3, -0.25) is 4.79 Å². The molecule has 90 valence electrons. The molecule has 2 heteroatoms. The van der Waals surface area contributed by atoms with Crippen molar-refractivity contribution in [2.45, 2.75) is 13.8 Å². The zero-order valence-corrected chi connectivity index (χ0v) is 11.3. The van der Waals surface area contributed by atoms with Gasteiger partial charge in [0.25, 0.3) is 0 Å². The van der Waals surface area contributed by atoms with Crippen LogP contribution >= 0.6 is 11.8 Å². The van der Waals surface area contributed by atoms with Gasteiger partial charge in [0.15, 0.2) is 5.12 Å². The number of aryl methyl sites for hydroxylation is 1. The quantitative estimate of drug-likeness (QED) is 0.720. The van der Waals surface area contributed by atoms with E-state index in [0.717, 1.165) is 5.56 Å². The number of carbonyl (C=O) groups is 1. The predicted molar refractivity (Wildman–Crippen MR) is 78.7 cm³/mol. The second-order valence-corrected chi connectivity index (χ2v) is 5.21. The Hall–Kier alpha value is -1.72. The van der Waals surface area contributed by atoms with Crippen LogP contribution < -0.4 is 0 Å². The van der Waals surface area contributed by atoms with Crippen LogP contribution in [-0.4, -0.2) is 10.9 Å². The van der Waals surface area contributed by atoms with Gasteiger partial charge >= 0.3 is 0 Å². The van der Waals surface area contributed by atoms with E-state index < -0.39 is 0 Å². The molecule has 2 aromatic rings. The van der Waals surface area contributed by atoms with Gasteiger partial charge in [-0.25, -0.2) is 0 Å². The van der Waals surface area contributed by atoms with Gasteiger partial charge in [0.05, 0.1) is 5.75 Å². The van der Waals surface area contributed by atoms with Crippen molar-refractivity contribution < 1.29 is 4.79 Å². The van der Waals surface area contributed by atoms with E-state index in [2.05, 4.69) is 43.0 Å². The predicted octanol–water partition coefficient (Wildman–Crippen LogP) is 3.78. The van der Waals surface area contributed by atoms with E-state index in [-0.39, 0.29) is 5.12 Å². The number of hydrogen-bond acceptors (Lipinski definition) is 2. The SMILES string of the molecule is CC(=O)SCC#Cc1c(C)ccc2ccccc12. The van der Waals surface area contributed by atoms with Crippen molar-refractivity contribution in [3.8, 4) is 11.8 Å². The van der Waals surface area contributed by atoms with Crippen molar-refractivity contribution in [3.05, 3.63) is 47.5 Å². The molecule has 1 nitrogen and oxygen atoms in total. The first-order valence-electron chi connectivity index (χ1n) is 5.79. The van der Waals surface area contributed by atoms with Crippen LogP contribution in [0.1, 0.15) is 18.1 Å². The Kier molecular flexibility index (Phi) is 4.07. The van der Waals surface area contributed by atoms with Crippen molar-refractivity contribution >= 4 is 27.6 Å². The summed E-state index contributed by atoms with van der Waals surface area (Å²) in [5.41, 5.74) is 2.24. The number of benzene rings is 2. The lowest BCUT2D eigenvalue weighted by atomic mass is 10.0. The van der Waals surface area contributed by atoms with Crippen LogP contribution in [0.2, 0.25) is 0 Å². The highest BCUT2D eigenvalue weighted by molar-refractivity contribution is 8.13. The maximum atomic E-state index is 10.8. The van der Waals surface area contributed by atoms with Crippen LogP contribution in [0.4, 0.5) is 0 Å². The third-order valence-corrected chi connectivity index (χ3v) is 3.39. The number of rotatable bonds is 1. The number of thioether (sulfide) groups is 1. The van der Waals surface area contributed by atoms with E-state index >= 15 is 0 Å².